The van der Waals surface area contributed by atoms with E-state index in [0.29, 0.717) is 12.3 Å². The predicted octanol–water partition coefficient (Wildman–Crippen LogP) is 2.96. The monoisotopic (exact) mass is 308 g/mol. The highest BCUT2D eigenvalue weighted by Crippen LogP contribution is 2.28. The predicted molar refractivity (Wildman–Crippen MR) is 81.2 cm³/mol. The fourth-order valence-electron chi connectivity index (χ4n) is 2.07. The van der Waals surface area contributed by atoms with E-state index >= 15 is 0 Å². The van der Waals surface area contributed by atoms with E-state index in [4.69, 9.17) is 4.52 Å². The van der Waals surface area contributed by atoms with Gasteiger partial charge in [0, 0.05) is 18.0 Å². The van der Waals surface area contributed by atoms with Gasteiger partial charge >= 0.3 is 6.03 Å². The van der Waals surface area contributed by atoms with Crippen LogP contribution in [0.4, 0.5) is 4.79 Å². The van der Waals surface area contributed by atoms with Gasteiger partial charge in [-0.05, 0) is 27.7 Å². The number of hydrogen-bond acceptors (Lipinski definition) is 5. The fraction of sp³-hybridized carbons (Fsp3) is 0.500. The Morgan fingerprint density at radius 1 is 1.48 bits per heavy atom. The second-order valence-corrected chi connectivity index (χ2v) is 6.30. The van der Waals surface area contributed by atoms with Gasteiger partial charge in [-0.15, -0.1) is 11.3 Å². The molecule has 1 N–H and O–H groups in total. The van der Waals surface area contributed by atoms with Crippen LogP contribution >= 0.6 is 11.3 Å². The average molecular weight is 308 g/mol. The molecule has 114 valence electrons. The van der Waals surface area contributed by atoms with Crippen molar-refractivity contribution in [2.45, 2.75) is 40.3 Å². The van der Waals surface area contributed by atoms with Crippen LogP contribution in [0, 0.1) is 20.8 Å². The fourth-order valence-corrected chi connectivity index (χ4v) is 3.10. The summed E-state index contributed by atoms with van der Waals surface area (Å²) in [6.07, 6.45) is 0. The summed E-state index contributed by atoms with van der Waals surface area (Å²) in [5, 5.41) is 7.63. The number of thiazole rings is 1. The Labute approximate surface area is 128 Å². The molecule has 2 heterocycles. The standard InChI is InChI=1S/C14H20N4O2S/c1-8-6-12(20-17-8)7-15-14(19)18(5)10(3)13-9(2)16-11(4)21-13/h6,10H,7H2,1-5H3,(H,15,19). The first-order chi connectivity index (χ1) is 9.88. The Hall–Kier alpha value is -1.89. The SMILES string of the molecule is Cc1cc(CNC(=O)N(C)C(C)c2sc(C)nc2C)on1. The number of amides is 2. The molecule has 0 aliphatic heterocycles. The zero-order valence-electron chi connectivity index (χ0n) is 12.9. The summed E-state index contributed by atoms with van der Waals surface area (Å²) in [7, 11) is 1.78. The smallest absolute Gasteiger partial charge is 0.318 e. The van der Waals surface area contributed by atoms with Crippen LogP contribution < -0.4 is 5.32 Å². The third-order valence-corrected chi connectivity index (χ3v) is 4.55. The molecule has 0 bridgehead atoms. The number of carbonyl (C=O) groups is 1. The van der Waals surface area contributed by atoms with Gasteiger partial charge in [-0.3, -0.25) is 0 Å². The minimum Gasteiger partial charge on any atom is -0.359 e. The molecule has 2 amide bonds. The summed E-state index contributed by atoms with van der Waals surface area (Å²) in [6, 6.07) is 1.63. The van der Waals surface area contributed by atoms with Crippen LogP contribution in [-0.4, -0.2) is 28.1 Å². The van der Waals surface area contributed by atoms with Gasteiger partial charge in [0.15, 0.2) is 5.76 Å². The lowest BCUT2D eigenvalue weighted by Gasteiger charge is -2.24. The van der Waals surface area contributed by atoms with Gasteiger partial charge in [0.2, 0.25) is 0 Å². The van der Waals surface area contributed by atoms with Crippen LogP contribution in [-0.2, 0) is 6.54 Å². The first-order valence-corrected chi connectivity index (χ1v) is 7.57. The summed E-state index contributed by atoms with van der Waals surface area (Å²) >= 11 is 1.62. The van der Waals surface area contributed by atoms with Crippen molar-refractivity contribution in [2.24, 2.45) is 0 Å². The molecule has 0 aliphatic rings. The Morgan fingerprint density at radius 2 is 2.19 bits per heavy atom. The van der Waals surface area contributed by atoms with E-state index in [1.165, 1.54) is 0 Å². The maximum absolute atomic E-state index is 12.2. The van der Waals surface area contributed by atoms with Crippen LogP contribution in [0.1, 0.15) is 40.0 Å². The molecule has 0 fully saturated rings. The third kappa shape index (κ3) is 3.60. The van der Waals surface area contributed by atoms with E-state index in [1.807, 2.05) is 27.7 Å². The van der Waals surface area contributed by atoms with Crippen LogP contribution in [0.15, 0.2) is 10.6 Å². The molecule has 1 unspecified atom stereocenters. The third-order valence-electron chi connectivity index (χ3n) is 3.31. The first kappa shape index (κ1) is 15.5. The van der Waals surface area contributed by atoms with E-state index < -0.39 is 0 Å². The number of nitrogens with zero attached hydrogens (tertiary/aromatic N) is 3. The summed E-state index contributed by atoms with van der Waals surface area (Å²) in [5.74, 6) is 0.645. The molecule has 2 aromatic heterocycles. The lowest BCUT2D eigenvalue weighted by atomic mass is 10.2. The van der Waals surface area contributed by atoms with E-state index in [2.05, 4.69) is 15.5 Å². The maximum Gasteiger partial charge on any atom is 0.318 e. The molecule has 0 spiro atoms. The van der Waals surface area contributed by atoms with Gasteiger partial charge in [0.1, 0.15) is 0 Å². The molecule has 0 aromatic carbocycles. The van der Waals surface area contributed by atoms with E-state index in [-0.39, 0.29) is 12.1 Å². The van der Waals surface area contributed by atoms with Crippen molar-refractivity contribution in [3.63, 3.8) is 0 Å². The van der Waals surface area contributed by atoms with Crippen molar-refractivity contribution in [3.8, 4) is 0 Å². The summed E-state index contributed by atoms with van der Waals surface area (Å²) in [5.41, 5.74) is 1.78. The Bertz CT molecular complexity index is 635. The first-order valence-electron chi connectivity index (χ1n) is 6.75. The highest BCUT2D eigenvalue weighted by Gasteiger charge is 2.21. The molecule has 2 rings (SSSR count). The number of carbonyl (C=O) groups excluding carboxylic acids is 1. The average Bonchev–Trinajstić information content (AvgIpc) is 3.00. The Balaban J connectivity index is 1.96. The van der Waals surface area contributed by atoms with Gasteiger partial charge in [0.25, 0.3) is 0 Å². The minimum atomic E-state index is -0.151. The lowest BCUT2D eigenvalue weighted by molar-refractivity contribution is 0.193. The Kier molecular flexibility index (Phi) is 4.62. The van der Waals surface area contributed by atoms with E-state index in [0.717, 1.165) is 21.3 Å². The lowest BCUT2D eigenvalue weighted by Crippen LogP contribution is -2.38. The zero-order chi connectivity index (χ0) is 15.6. The van der Waals surface area contributed by atoms with Crippen LogP contribution in [0.25, 0.3) is 0 Å². The molecule has 0 saturated carbocycles. The van der Waals surface area contributed by atoms with Crippen molar-refractivity contribution in [2.75, 3.05) is 7.05 Å². The zero-order valence-corrected chi connectivity index (χ0v) is 13.7. The molecule has 0 saturated heterocycles. The van der Waals surface area contributed by atoms with Crippen molar-refractivity contribution >= 4 is 17.4 Å². The molecule has 2 aromatic rings. The number of rotatable bonds is 4. The normalized spacial score (nSPS) is 12.2. The largest absolute Gasteiger partial charge is 0.359 e. The van der Waals surface area contributed by atoms with Crippen LogP contribution in [0.3, 0.4) is 0 Å². The molecule has 21 heavy (non-hydrogen) atoms. The Morgan fingerprint density at radius 3 is 2.71 bits per heavy atom. The molecule has 6 nitrogen and oxygen atoms in total. The van der Waals surface area contributed by atoms with Gasteiger partial charge < -0.3 is 14.7 Å². The number of urea groups is 1. The van der Waals surface area contributed by atoms with Gasteiger partial charge in [-0.2, -0.15) is 0 Å². The highest BCUT2D eigenvalue weighted by atomic mass is 32.1. The topological polar surface area (TPSA) is 71.3 Å². The van der Waals surface area contributed by atoms with Crippen molar-refractivity contribution in [3.05, 3.63) is 33.1 Å². The number of hydrogen-bond donors (Lipinski definition) is 1. The second-order valence-electron chi connectivity index (χ2n) is 5.06. The molecular weight excluding hydrogens is 288 g/mol. The quantitative estimate of drug-likeness (QED) is 0.942. The second kappa shape index (κ2) is 6.26. The number of nitrogens with one attached hydrogen (secondary N) is 1. The van der Waals surface area contributed by atoms with Crippen molar-refractivity contribution < 1.29 is 9.32 Å². The minimum absolute atomic E-state index is 0.0207. The number of aryl methyl sites for hydroxylation is 3. The van der Waals surface area contributed by atoms with Gasteiger partial charge in [0.05, 0.1) is 29.0 Å². The van der Waals surface area contributed by atoms with Crippen molar-refractivity contribution in [1.29, 1.82) is 0 Å². The summed E-state index contributed by atoms with van der Waals surface area (Å²) in [4.78, 5) is 19.4. The number of aromatic nitrogens is 2. The summed E-state index contributed by atoms with van der Waals surface area (Å²) in [6.45, 7) is 8.12. The van der Waals surface area contributed by atoms with Gasteiger partial charge in [-0.25, -0.2) is 9.78 Å². The maximum atomic E-state index is 12.2. The molecule has 0 radical (unpaired) electrons. The molecule has 7 heteroatoms. The van der Waals surface area contributed by atoms with Gasteiger partial charge in [-0.1, -0.05) is 5.16 Å². The molecule has 0 aliphatic carbocycles. The summed E-state index contributed by atoms with van der Waals surface area (Å²) < 4.78 is 5.07. The highest BCUT2D eigenvalue weighted by molar-refractivity contribution is 7.11. The van der Waals surface area contributed by atoms with E-state index in [1.54, 1.807) is 29.4 Å². The van der Waals surface area contributed by atoms with Crippen molar-refractivity contribution in [1.82, 2.24) is 20.4 Å². The molecular formula is C14H20N4O2S. The van der Waals surface area contributed by atoms with Crippen LogP contribution in [0.5, 0.6) is 0 Å². The van der Waals surface area contributed by atoms with Crippen LogP contribution in [0.2, 0.25) is 0 Å². The molecule has 1 atom stereocenters. The van der Waals surface area contributed by atoms with E-state index in [9.17, 15) is 4.79 Å².